The van der Waals surface area contributed by atoms with E-state index in [1.165, 1.54) is 0 Å². The van der Waals surface area contributed by atoms with Crippen LogP contribution < -0.4 is 11.1 Å². The molecule has 1 unspecified atom stereocenters. The fourth-order valence-electron chi connectivity index (χ4n) is 1.11. The molecule has 1 atom stereocenters. The lowest BCUT2D eigenvalue weighted by atomic mass is 10.2. The van der Waals surface area contributed by atoms with Gasteiger partial charge in [0.15, 0.2) is 0 Å². The van der Waals surface area contributed by atoms with Crippen molar-refractivity contribution in [2.45, 2.75) is 6.10 Å². The Balaban J connectivity index is 2.75. The molecule has 0 heterocycles. The maximum atomic E-state index is 11.1. The second kappa shape index (κ2) is 6.08. The molecule has 0 saturated carbocycles. The van der Waals surface area contributed by atoms with Gasteiger partial charge in [-0.05, 0) is 34.1 Å². The Morgan fingerprint density at radius 2 is 2.31 bits per heavy atom. The summed E-state index contributed by atoms with van der Waals surface area (Å²) < 4.78 is 0.642. The van der Waals surface area contributed by atoms with Crippen LogP contribution >= 0.6 is 27.5 Å². The van der Waals surface area contributed by atoms with E-state index >= 15 is 0 Å². The number of benzene rings is 1. The molecular formula is C10H12BrClN2O2. The highest BCUT2D eigenvalue weighted by molar-refractivity contribution is 9.10. The normalized spacial score (nSPS) is 12.2. The number of amides is 1. The van der Waals surface area contributed by atoms with Crippen LogP contribution in [0.1, 0.15) is 10.4 Å². The smallest absolute Gasteiger partial charge is 0.249 e. The second-order valence-corrected chi connectivity index (χ2v) is 4.41. The number of halogens is 2. The molecule has 4 N–H and O–H groups in total. The molecular weight excluding hydrogens is 295 g/mol. The molecule has 1 rings (SSSR count). The van der Waals surface area contributed by atoms with Crippen LogP contribution in [0.2, 0.25) is 0 Å². The molecule has 0 bridgehead atoms. The highest BCUT2D eigenvalue weighted by atomic mass is 79.9. The lowest BCUT2D eigenvalue weighted by molar-refractivity contribution is 0.0999. The van der Waals surface area contributed by atoms with Crippen LogP contribution in [0.25, 0.3) is 0 Å². The summed E-state index contributed by atoms with van der Waals surface area (Å²) >= 11 is 8.68. The van der Waals surface area contributed by atoms with E-state index in [-0.39, 0.29) is 5.88 Å². The first-order valence-corrected chi connectivity index (χ1v) is 5.94. The molecule has 1 aromatic rings. The van der Waals surface area contributed by atoms with E-state index in [9.17, 15) is 9.90 Å². The number of nitrogens with one attached hydrogen (secondary N) is 1. The van der Waals surface area contributed by atoms with Crippen molar-refractivity contribution in [3.05, 3.63) is 28.2 Å². The number of carbonyl (C=O) groups is 1. The van der Waals surface area contributed by atoms with Crippen molar-refractivity contribution in [1.29, 1.82) is 0 Å². The Labute approximate surface area is 107 Å². The van der Waals surface area contributed by atoms with Gasteiger partial charge >= 0.3 is 0 Å². The topological polar surface area (TPSA) is 75.4 Å². The third-order valence-corrected chi connectivity index (χ3v) is 3.00. The van der Waals surface area contributed by atoms with Gasteiger partial charge in [0.05, 0.1) is 17.5 Å². The zero-order valence-corrected chi connectivity index (χ0v) is 10.8. The molecule has 0 spiro atoms. The molecule has 0 radical (unpaired) electrons. The SMILES string of the molecule is NC(=O)c1cc(NCC(O)CCl)ccc1Br. The number of anilines is 1. The molecule has 16 heavy (non-hydrogen) atoms. The summed E-state index contributed by atoms with van der Waals surface area (Å²) in [6.45, 7) is 0.323. The Morgan fingerprint density at radius 1 is 1.62 bits per heavy atom. The number of hydrogen-bond donors (Lipinski definition) is 3. The largest absolute Gasteiger partial charge is 0.390 e. The third-order valence-electron chi connectivity index (χ3n) is 1.95. The van der Waals surface area contributed by atoms with Gasteiger partial charge in [0, 0.05) is 16.7 Å². The summed E-state index contributed by atoms with van der Waals surface area (Å²) in [5.41, 5.74) is 6.30. The standard InChI is InChI=1S/C10H12BrClN2O2/c11-9-2-1-6(3-8(9)10(13)16)14-5-7(15)4-12/h1-3,7,14-15H,4-5H2,(H2,13,16). The fourth-order valence-corrected chi connectivity index (χ4v) is 1.67. The van der Waals surface area contributed by atoms with Crippen LogP contribution in [0.5, 0.6) is 0 Å². The van der Waals surface area contributed by atoms with E-state index in [2.05, 4.69) is 21.2 Å². The van der Waals surface area contributed by atoms with Crippen molar-refractivity contribution in [3.8, 4) is 0 Å². The monoisotopic (exact) mass is 306 g/mol. The van der Waals surface area contributed by atoms with Crippen molar-refractivity contribution in [3.63, 3.8) is 0 Å². The highest BCUT2D eigenvalue weighted by Gasteiger charge is 2.08. The molecule has 0 aliphatic heterocycles. The van der Waals surface area contributed by atoms with Crippen LogP contribution in [0, 0.1) is 0 Å². The highest BCUT2D eigenvalue weighted by Crippen LogP contribution is 2.20. The number of aliphatic hydroxyl groups excluding tert-OH is 1. The van der Waals surface area contributed by atoms with Gasteiger partial charge in [0.2, 0.25) is 5.91 Å². The fraction of sp³-hybridized carbons (Fsp3) is 0.300. The molecule has 1 aromatic carbocycles. The minimum absolute atomic E-state index is 0.159. The lowest BCUT2D eigenvalue weighted by Crippen LogP contribution is -2.21. The van der Waals surface area contributed by atoms with E-state index in [1.54, 1.807) is 18.2 Å². The van der Waals surface area contributed by atoms with Gasteiger partial charge in [-0.2, -0.15) is 0 Å². The first-order chi connectivity index (χ1) is 7.54. The zero-order chi connectivity index (χ0) is 12.1. The van der Waals surface area contributed by atoms with Crippen molar-refractivity contribution < 1.29 is 9.90 Å². The number of primary amides is 1. The van der Waals surface area contributed by atoms with E-state index in [0.29, 0.717) is 22.3 Å². The Bertz CT molecular complexity index is 387. The quantitative estimate of drug-likeness (QED) is 0.723. The van der Waals surface area contributed by atoms with Crippen LogP contribution in [0.3, 0.4) is 0 Å². The summed E-state index contributed by atoms with van der Waals surface area (Å²) in [5, 5.41) is 12.2. The first kappa shape index (κ1) is 13.3. The molecule has 0 aliphatic carbocycles. The Hall–Kier alpha value is -0.780. The minimum atomic E-state index is -0.623. The van der Waals surface area contributed by atoms with Crippen molar-refractivity contribution in [2.24, 2.45) is 5.73 Å². The maximum Gasteiger partial charge on any atom is 0.249 e. The predicted octanol–water partition coefficient (Wildman–Crippen LogP) is 1.56. The molecule has 0 aromatic heterocycles. The molecule has 0 fully saturated rings. The number of alkyl halides is 1. The van der Waals surface area contributed by atoms with Crippen molar-refractivity contribution in [1.82, 2.24) is 0 Å². The number of rotatable bonds is 5. The van der Waals surface area contributed by atoms with Gasteiger partial charge in [-0.1, -0.05) is 0 Å². The average Bonchev–Trinajstić information content (AvgIpc) is 2.27. The Morgan fingerprint density at radius 3 is 2.88 bits per heavy atom. The summed E-state index contributed by atoms with van der Waals surface area (Å²) in [7, 11) is 0. The van der Waals surface area contributed by atoms with Crippen molar-refractivity contribution in [2.75, 3.05) is 17.7 Å². The number of carbonyl (C=O) groups excluding carboxylic acids is 1. The van der Waals surface area contributed by atoms with Crippen LogP contribution in [0.15, 0.2) is 22.7 Å². The Kier molecular flexibility index (Phi) is 5.05. The summed E-state index contributed by atoms with van der Waals surface area (Å²) in [5.74, 6) is -0.347. The summed E-state index contributed by atoms with van der Waals surface area (Å²) in [4.78, 5) is 11.1. The molecule has 88 valence electrons. The zero-order valence-electron chi connectivity index (χ0n) is 8.41. The predicted molar refractivity (Wildman–Crippen MR) is 67.9 cm³/mol. The van der Waals surface area contributed by atoms with Gasteiger partial charge in [-0.15, -0.1) is 11.6 Å². The van der Waals surface area contributed by atoms with Crippen molar-refractivity contribution >= 4 is 39.1 Å². The van der Waals surface area contributed by atoms with Crippen LogP contribution in [-0.4, -0.2) is 29.5 Å². The molecule has 6 heteroatoms. The summed E-state index contributed by atoms with van der Waals surface area (Å²) in [6.07, 6.45) is -0.623. The van der Waals surface area contributed by atoms with E-state index in [0.717, 1.165) is 0 Å². The van der Waals surface area contributed by atoms with E-state index in [1.807, 2.05) is 0 Å². The summed E-state index contributed by atoms with van der Waals surface area (Å²) in [6, 6.07) is 5.11. The minimum Gasteiger partial charge on any atom is -0.390 e. The lowest BCUT2D eigenvalue weighted by Gasteiger charge is -2.11. The average molecular weight is 308 g/mol. The first-order valence-electron chi connectivity index (χ1n) is 4.62. The van der Waals surface area contributed by atoms with E-state index < -0.39 is 12.0 Å². The van der Waals surface area contributed by atoms with Gasteiger partial charge in [-0.3, -0.25) is 4.79 Å². The number of nitrogens with two attached hydrogens (primary N) is 1. The van der Waals surface area contributed by atoms with Crippen LogP contribution in [0.4, 0.5) is 5.69 Å². The van der Waals surface area contributed by atoms with Gasteiger partial charge in [0.25, 0.3) is 0 Å². The second-order valence-electron chi connectivity index (χ2n) is 3.25. The maximum absolute atomic E-state index is 11.1. The number of hydrogen-bond acceptors (Lipinski definition) is 3. The van der Waals surface area contributed by atoms with Crippen LogP contribution in [-0.2, 0) is 0 Å². The molecule has 0 aliphatic rings. The molecule has 4 nitrogen and oxygen atoms in total. The van der Waals surface area contributed by atoms with Gasteiger partial charge < -0.3 is 16.2 Å². The third kappa shape index (κ3) is 3.66. The van der Waals surface area contributed by atoms with E-state index in [4.69, 9.17) is 17.3 Å². The molecule has 0 saturated heterocycles. The van der Waals surface area contributed by atoms with Gasteiger partial charge in [-0.25, -0.2) is 0 Å². The molecule has 1 amide bonds. The van der Waals surface area contributed by atoms with Gasteiger partial charge in [0.1, 0.15) is 0 Å². The number of aliphatic hydroxyl groups is 1.